The summed E-state index contributed by atoms with van der Waals surface area (Å²) in [5.41, 5.74) is 1.11. The maximum atomic E-state index is 13.5. The number of hydrogen-bond donors (Lipinski definition) is 1. The van der Waals surface area contributed by atoms with E-state index in [2.05, 4.69) is 5.32 Å². The van der Waals surface area contributed by atoms with Crippen molar-refractivity contribution in [2.75, 3.05) is 13.7 Å². The number of hydrogen-bond acceptors (Lipinski definition) is 3. The summed E-state index contributed by atoms with van der Waals surface area (Å²) in [6, 6.07) is 9.59. The molecule has 0 aliphatic carbocycles. The quantitative estimate of drug-likeness (QED) is 0.844. The van der Waals surface area contributed by atoms with Gasteiger partial charge in [0, 0.05) is 31.3 Å². The van der Waals surface area contributed by atoms with Crippen LogP contribution in [0.2, 0.25) is 0 Å². The number of nitrogens with one attached hydrogen (secondary N) is 1. The number of aromatic nitrogens is 1. The second-order valence-electron chi connectivity index (χ2n) is 5.47. The molecular weight excluding hydrogens is 311 g/mol. The van der Waals surface area contributed by atoms with Crippen LogP contribution in [-0.2, 0) is 17.8 Å². The van der Waals surface area contributed by atoms with Crippen LogP contribution in [0.4, 0.5) is 4.39 Å². The normalized spacial score (nSPS) is 10.5. The summed E-state index contributed by atoms with van der Waals surface area (Å²) >= 11 is 0. The molecule has 1 aromatic carbocycles. The van der Waals surface area contributed by atoms with Crippen molar-refractivity contribution in [2.24, 2.45) is 0 Å². The van der Waals surface area contributed by atoms with Crippen LogP contribution in [0, 0.1) is 12.7 Å². The van der Waals surface area contributed by atoms with Crippen LogP contribution < -0.4 is 15.6 Å². The van der Waals surface area contributed by atoms with Crippen molar-refractivity contribution >= 4 is 5.91 Å². The molecule has 5 nitrogen and oxygen atoms in total. The Kier molecular flexibility index (Phi) is 6.12. The van der Waals surface area contributed by atoms with Gasteiger partial charge in [-0.15, -0.1) is 0 Å². The van der Waals surface area contributed by atoms with Gasteiger partial charge in [0.25, 0.3) is 5.56 Å². The van der Waals surface area contributed by atoms with E-state index in [9.17, 15) is 14.0 Å². The van der Waals surface area contributed by atoms with E-state index in [4.69, 9.17) is 4.74 Å². The summed E-state index contributed by atoms with van der Waals surface area (Å²) in [7, 11) is 1.51. The highest BCUT2D eigenvalue weighted by molar-refractivity contribution is 5.76. The highest BCUT2D eigenvalue weighted by Crippen LogP contribution is 2.09. The average Bonchev–Trinajstić information content (AvgIpc) is 2.56. The van der Waals surface area contributed by atoms with Gasteiger partial charge in [0.2, 0.25) is 5.91 Å². The molecule has 0 saturated heterocycles. The highest BCUT2D eigenvalue weighted by atomic mass is 19.1. The van der Waals surface area contributed by atoms with Crippen LogP contribution in [0.5, 0.6) is 5.75 Å². The molecule has 1 aromatic heterocycles. The van der Waals surface area contributed by atoms with Crippen molar-refractivity contribution in [1.29, 1.82) is 0 Å². The number of methoxy groups -OCH3 is 1. The molecule has 24 heavy (non-hydrogen) atoms. The lowest BCUT2D eigenvalue weighted by Gasteiger charge is -2.12. The molecule has 1 N–H and O–H groups in total. The third-order valence-corrected chi connectivity index (χ3v) is 3.78. The number of ether oxygens (including phenoxy) is 1. The Morgan fingerprint density at radius 2 is 2.04 bits per heavy atom. The second kappa shape index (κ2) is 8.29. The van der Waals surface area contributed by atoms with Crippen molar-refractivity contribution in [3.63, 3.8) is 0 Å². The Balaban J connectivity index is 1.83. The summed E-state index contributed by atoms with van der Waals surface area (Å²) in [4.78, 5) is 23.8. The molecule has 1 heterocycles. The van der Waals surface area contributed by atoms with Gasteiger partial charge in [-0.05, 0) is 31.0 Å². The number of rotatable bonds is 7. The van der Waals surface area contributed by atoms with E-state index in [1.807, 2.05) is 6.92 Å². The minimum Gasteiger partial charge on any atom is -0.496 e. The van der Waals surface area contributed by atoms with Crippen LogP contribution in [0.25, 0.3) is 0 Å². The summed E-state index contributed by atoms with van der Waals surface area (Å²) in [6.45, 7) is 2.52. The lowest BCUT2D eigenvalue weighted by molar-refractivity contribution is -0.121. The molecule has 6 heteroatoms. The summed E-state index contributed by atoms with van der Waals surface area (Å²) in [5.74, 6) is 0.0471. The van der Waals surface area contributed by atoms with Crippen molar-refractivity contribution in [3.05, 3.63) is 63.8 Å². The topological polar surface area (TPSA) is 60.3 Å². The van der Waals surface area contributed by atoms with Crippen molar-refractivity contribution < 1.29 is 13.9 Å². The SMILES string of the molecule is COc1cc(C)n(CCNC(=O)CCc2ccccc2F)c(=O)c1. The third kappa shape index (κ3) is 4.68. The van der Waals surface area contributed by atoms with E-state index >= 15 is 0 Å². The molecule has 0 atom stereocenters. The fraction of sp³-hybridized carbons (Fsp3) is 0.333. The van der Waals surface area contributed by atoms with Gasteiger partial charge in [-0.3, -0.25) is 9.59 Å². The molecular formula is C18H21FN2O3. The van der Waals surface area contributed by atoms with Crippen LogP contribution >= 0.6 is 0 Å². The molecule has 1 amide bonds. The predicted molar refractivity (Wildman–Crippen MR) is 89.7 cm³/mol. The van der Waals surface area contributed by atoms with E-state index in [-0.39, 0.29) is 23.7 Å². The van der Waals surface area contributed by atoms with E-state index in [1.54, 1.807) is 28.8 Å². The number of benzene rings is 1. The maximum Gasteiger partial charge on any atom is 0.254 e. The van der Waals surface area contributed by atoms with Gasteiger partial charge >= 0.3 is 0 Å². The molecule has 0 spiro atoms. The first-order chi connectivity index (χ1) is 11.5. The fourth-order valence-electron chi connectivity index (χ4n) is 2.45. The van der Waals surface area contributed by atoms with E-state index < -0.39 is 0 Å². The molecule has 128 valence electrons. The Bertz CT molecular complexity index is 771. The lowest BCUT2D eigenvalue weighted by atomic mass is 10.1. The number of amides is 1. The third-order valence-electron chi connectivity index (χ3n) is 3.78. The zero-order valence-corrected chi connectivity index (χ0v) is 13.8. The highest BCUT2D eigenvalue weighted by Gasteiger charge is 2.07. The van der Waals surface area contributed by atoms with Crippen LogP contribution in [0.1, 0.15) is 17.7 Å². The smallest absolute Gasteiger partial charge is 0.254 e. The molecule has 0 bridgehead atoms. The molecule has 0 radical (unpaired) electrons. The minimum atomic E-state index is -0.300. The van der Waals surface area contributed by atoms with Crippen LogP contribution in [0.15, 0.2) is 41.2 Å². The number of carbonyl (C=O) groups excluding carboxylic acids is 1. The standard InChI is InChI=1S/C18H21FN2O3/c1-13-11-15(24-2)12-18(23)21(13)10-9-20-17(22)8-7-14-5-3-4-6-16(14)19/h3-6,11-12H,7-10H2,1-2H3,(H,20,22). The van der Waals surface area contributed by atoms with Crippen molar-refractivity contribution in [1.82, 2.24) is 9.88 Å². The average molecular weight is 332 g/mol. The number of aryl methyl sites for hydroxylation is 2. The number of halogens is 1. The number of nitrogens with zero attached hydrogens (tertiary/aromatic N) is 1. The zero-order valence-electron chi connectivity index (χ0n) is 13.8. The van der Waals surface area contributed by atoms with Crippen molar-refractivity contribution in [2.45, 2.75) is 26.3 Å². The first-order valence-corrected chi connectivity index (χ1v) is 7.77. The van der Waals surface area contributed by atoms with Gasteiger partial charge < -0.3 is 14.6 Å². The van der Waals surface area contributed by atoms with Gasteiger partial charge in [0.15, 0.2) is 0 Å². The van der Waals surface area contributed by atoms with Gasteiger partial charge in [-0.2, -0.15) is 0 Å². The van der Waals surface area contributed by atoms with Gasteiger partial charge in [0.1, 0.15) is 11.6 Å². The number of carbonyl (C=O) groups is 1. The fourth-order valence-corrected chi connectivity index (χ4v) is 2.45. The Morgan fingerprint density at radius 3 is 2.71 bits per heavy atom. The lowest BCUT2D eigenvalue weighted by Crippen LogP contribution is -2.31. The molecule has 0 aliphatic rings. The Hall–Kier alpha value is -2.63. The first kappa shape index (κ1) is 17.7. The minimum absolute atomic E-state index is 0.169. The second-order valence-corrected chi connectivity index (χ2v) is 5.47. The molecule has 0 saturated carbocycles. The predicted octanol–water partition coefficient (Wildman–Crippen LogP) is 2.05. The monoisotopic (exact) mass is 332 g/mol. The molecule has 0 fully saturated rings. The summed E-state index contributed by atoms with van der Waals surface area (Å²) < 4.78 is 20.1. The summed E-state index contributed by atoms with van der Waals surface area (Å²) in [6.07, 6.45) is 0.553. The Morgan fingerprint density at radius 1 is 1.29 bits per heavy atom. The molecule has 2 rings (SSSR count). The molecule has 0 aliphatic heterocycles. The van der Waals surface area contributed by atoms with Gasteiger partial charge in [-0.25, -0.2) is 4.39 Å². The zero-order chi connectivity index (χ0) is 17.5. The van der Waals surface area contributed by atoms with E-state index in [1.165, 1.54) is 19.2 Å². The van der Waals surface area contributed by atoms with E-state index in [0.717, 1.165) is 5.69 Å². The largest absolute Gasteiger partial charge is 0.496 e. The van der Waals surface area contributed by atoms with Crippen LogP contribution in [-0.4, -0.2) is 24.1 Å². The molecule has 0 unspecified atom stereocenters. The Labute approximate surface area is 140 Å². The van der Waals surface area contributed by atoms with E-state index in [0.29, 0.717) is 30.8 Å². The summed E-state index contributed by atoms with van der Waals surface area (Å²) in [5, 5.41) is 2.75. The maximum absolute atomic E-state index is 13.5. The van der Waals surface area contributed by atoms with Crippen LogP contribution in [0.3, 0.4) is 0 Å². The van der Waals surface area contributed by atoms with Gasteiger partial charge in [-0.1, -0.05) is 18.2 Å². The van der Waals surface area contributed by atoms with Crippen molar-refractivity contribution in [3.8, 4) is 5.75 Å². The molecule has 2 aromatic rings. The first-order valence-electron chi connectivity index (χ1n) is 7.77. The van der Waals surface area contributed by atoms with Gasteiger partial charge in [0.05, 0.1) is 7.11 Å². The number of pyridine rings is 1.